The Morgan fingerprint density at radius 1 is 0.351 bits per heavy atom. The van der Waals surface area contributed by atoms with Gasteiger partial charge in [0.15, 0.2) is 0 Å². The Kier molecular flexibility index (Phi) is 12.5. The first-order chi connectivity index (χ1) is 37.0. The Hall–Kier alpha value is -7.76. The standard InChI is InChI=1S/C38H22N4S.C14H6Br2N2S.C13H10.FH.H3P/c1-7-17-30-23(11-1)24-12-2-8-18-31(24)41(30)34-21-27-36(43-38-37(27)39-28-15-5-6-16-29(28)40-38)22-35(34)42-32-19-9-3-13-25(32)26-14-4-10-20-33(26)42;15-8-5-7-12(6-9(8)16)19-14-13(7)17-10-3-1-2-4-11(10)18-14;1-3-7-12-10(5-1)9-11-6-2-4-8-13(11)12;;/h1-22H;1-6H;1-8H,9H2;1H;1H3. The maximum atomic E-state index is 5.14. The van der Waals surface area contributed by atoms with E-state index in [2.05, 4.69) is 211 Å². The van der Waals surface area contributed by atoms with Crippen LogP contribution < -0.4 is 0 Å². The average Bonchev–Trinajstić information content (AvgIpc) is 4.27. The number of hydrogen-bond acceptors (Lipinski definition) is 6. The zero-order valence-electron chi connectivity index (χ0n) is 40.9. The molecule has 1 unspecified atom stereocenters. The second-order valence-corrected chi connectivity index (χ2v) is 22.5. The number of nitrogens with zero attached hydrogens (tertiary/aromatic N) is 6. The maximum absolute atomic E-state index is 5.14. The van der Waals surface area contributed by atoms with E-state index in [9.17, 15) is 0 Å². The Morgan fingerprint density at radius 2 is 0.688 bits per heavy atom. The molecule has 0 spiro atoms. The van der Waals surface area contributed by atoms with Gasteiger partial charge in [-0.1, -0.05) is 146 Å². The van der Waals surface area contributed by atoms with Gasteiger partial charge in [0.2, 0.25) is 0 Å². The van der Waals surface area contributed by atoms with Crippen molar-refractivity contribution >= 4 is 171 Å². The van der Waals surface area contributed by atoms with Crippen molar-refractivity contribution in [1.29, 1.82) is 0 Å². The first-order valence-corrected chi connectivity index (χ1v) is 27.9. The molecule has 17 rings (SSSR count). The molecule has 0 fully saturated rings. The smallest absolute Gasteiger partial charge is 0.143 e. The number of para-hydroxylation sites is 8. The number of halogens is 3. The Morgan fingerprint density at radius 3 is 1.14 bits per heavy atom. The SMILES string of the molecule is Brc1cc2sc3nc4ccccc4nc3c2cc1Br.F.P.c1ccc2c(c1)Cc1ccccc1-2.c1ccc2nc3c(nc2c1)sc1cc(-n2c4ccccc4c4ccccc42)c(-n2c4ccccc4c4ccccc42)cc13. The lowest BCUT2D eigenvalue weighted by molar-refractivity contribution is 1.10. The minimum absolute atomic E-state index is 0. The monoisotopic (exact) mass is 1180 g/mol. The summed E-state index contributed by atoms with van der Waals surface area (Å²) in [6.45, 7) is 0. The fourth-order valence-electron chi connectivity index (χ4n) is 11.1. The van der Waals surface area contributed by atoms with Gasteiger partial charge in [0.1, 0.15) is 20.7 Å². The molecular weight excluding hydrogens is 1140 g/mol. The molecule has 0 N–H and O–H groups in total. The van der Waals surface area contributed by atoms with Crippen LogP contribution in [0.3, 0.4) is 0 Å². The van der Waals surface area contributed by atoms with Crippen LogP contribution in [0.2, 0.25) is 0 Å². The number of thiophene rings is 2. The molecule has 0 aliphatic heterocycles. The van der Waals surface area contributed by atoms with Crippen LogP contribution in [0.25, 0.3) is 129 Å². The molecule has 10 aromatic carbocycles. The van der Waals surface area contributed by atoms with Gasteiger partial charge in [-0.15, -0.1) is 22.7 Å². The Labute approximate surface area is 468 Å². The molecular formula is C65H42Br2FN6PS2. The average molecular weight is 1180 g/mol. The summed E-state index contributed by atoms with van der Waals surface area (Å²) in [5.41, 5.74) is 18.4. The lowest BCUT2D eigenvalue weighted by atomic mass is 10.1. The highest BCUT2D eigenvalue weighted by Gasteiger charge is 2.23. The topological polar surface area (TPSA) is 61.4 Å². The molecule has 0 radical (unpaired) electrons. The second-order valence-electron chi connectivity index (χ2n) is 18.8. The van der Waals surface area contributed by atoms with E-state index in [1.807, 2.05) is 48.5 Å². The molecule has 0 saturated carbocycles. The summed E-state index contributed by atoms with van der Waals surface area (Å²) in [5.74, 6) is 0. The predicted octanol–water partition coefficient (Wildman–Crippen LogP) is 19.2. The summed E-state index contributed by atoms with van der Waals surface area (Å²) < 4.78 is 9.32. The molecule has 0 bridgehead atoms. The fraction of sp³-hybridized carbons (Fsp3) is 0.0154. The van der Waals surface area contributed by atoms with Gasteiger partial charge in [0, 0.05) is 50.7 Å². The highest BCUT2D eigenvalue weighted by Crippen LogP contribution is 2.44. The number of fused-ring (bicyclic) bond motifs is 17. The number of benzene rings is 10. The largest absolute Gasteiger partial charge is 0.307 e. The van der Waals surface area contributed by atoms with Crippen molar-refractivity contribution in [3.8, 4) is 22.5 Å². The summed E-state index contributed by atoms with van der Waals surface area (Å²) in [5, 5.41) is 7.25. The van der Waals surface area contributed by atoms with Gasteiger partial charge in [0.25, 0.3) is 0 Å². The van der Waals surface area contributed by atoms with Gasteiger partial charge in [-0.25, -0.2) is 19.9 Å². The Balaban J connectivity index is 0.000000136. The third kappa shape index (κ3) is 8.10. The molecule has 12 heteroatoms. The molecule has 6 aromatic heterocycles. The van der Waals surface area contributed by atoms with Crippen molar-refractivity contribution in [3.63, 3.8) is 0 Å². The first-order valence-electron chi connectivity index (χ1n) is 24.7. The highest BCUT2D eigenvalue weighted by molar-refractivity contribution is 9.13. The molecule has 1 aliphatic rings. The quantitative estimate of drug-likeness (QED) is 0.162. The van der Waals surface area contributed by atoms with E-state index in [-0.39, 0.29) is 14.6 Å². The van der Waals surface area contributed by atoms with Crippen LogP contribution in [0.1, 0.15) is 11.1 Å². The molecule has 6 heterocycles. The second kappa shape index (κ2) is 19.7. The molecule has 0 amide bonds. The minimum Gasteiger partial charge on any atom is -0.307 e. The van der Waals surface area contributed by atoms with Crippen molar-refractivity contribution in [1.82, 2.24) is 29.1 Å². The lowest BCUT2D eigenvalue weighted by Crippen LogP contribution is -2.03. The van der Waals surface area contributed by atoms with Crippen molar-refractivity contribution < 1.29 is 4.70 Å². The molecule has 1 atom stereocenters. The van der Waals surface area contributed by atoms with Crippen LogP contribution in [0.5, 0.6) is 0 Å². The normalized spacial score (nSPS) is 11.8. The van der Waals surface area contributed by atoms with Crippen LogP contribution in [0.4, 0.5) is 4.70 Å². The van der Waals surface area contributed by atoms with Crippen molar-refractivity contribution in [3.05, 3.63) is 238 Å². The third-order valence-corrected chi connectivity index (χ3v) is 18.4. The van der Waals surface area contributed by atoms with Gasteiger partial charge < -0.3 is 9.13 Å². The van der Waals surface area contributed by atoms with Crippen LogP contribution in [0, 0.1) is 0 Å². The van der Waals surface area contributed by atoms with Gasteiger partial charge >= 0.3 is 0 Å². The molecule has 6 nitrogen and oxygen atoms in total. The van der Waals surface area contributed by atoms with Gasteiger partial charge in [-0.2, -0.15) is 9.90 Å². The van der Waals surface area contributed by atoms with Gasteiger partial charge in [-0.05, 0) is 133 Å². The van der Waals surface area contributed by atoms with E-state index in [1.165, 1.54) is 75.3 Å². The molecule has 16 aromatic rings. The van der Waals surface area contributed by atoms with Crippen LogP contribution in [-0.2, 0) is 6.42 Å². The van der Waals surface area contributed by atoms with Crippen molar-refractivity contribution in [2.75, 3.05) is 0 Å². The van der Waals surface area contributed by atoms with Crippen LogP contribution >= 0.6 is 64.4 Å². The molecule has 77 heavy (non-hydrogen) atoms. The maximum Gasteiger partial charge on any atom is 0.143 e. The molecule has 370 valence electrons. The summed E-state index contributed by atoms with van der Waals surface area (Å²) in [7, 11) is 0. The van der Waals surface area contributed by atoms with E-state index in [1.54, 1.807) is 22.7 Å². The van der Waals surface area contributed by atoms with E-state index in [0.717, 1.165) is 80.3 Å². The third-order valence-electron chi connectivity index (χ3n) is 14.4. The highest BCUT2D eigenvalue weighted by atomic mass is 79.9. The molecule has 0 saturated heterocycles. The summed E-state index contributed by atoms with van der Waals surface area (Å²) >= 11 is 10.5. The number of hydrogen-bond donors (Lipinski definition) is 0. The lowest BCUT2D eigenvalue weighted by Gasteiger charge is -2.17. The van der Waals surface area contributed by atoms with E-state index >= 15 is 0 Å². The minimum atomic E-state index is 0. The number of aromatic nitrogens is 6. The predicted molar refractivity (Wildman–Crippen MR) is 337 cm³/mol. The fourth-order valence-corrected chi connectivity index (χ4v) is 14.0. The van der Waals surface area contributed by atoms with E-state index in [0.29, 0.717) is 0 Å². The van der Waals surface area contributed by atoms with E-state index < -0.39 is 0 Å². The van der Waals surface area contributed by atoms with Crippen LogP contribution in [-0.4, -0.2) is 29.1 Å². The summed E-state index contributed by atoms with van der Waals surface area (Å²) in [6.07, 6.45) is 1.10. The first kappa shape index (κ1) is 48.9. The summed E-state index contributed by atoms with van der Waals surface area (Å²) in [6, 6.07) is 77.2. The number of rotatable bonds is 2. The zero-order chi connectivity index (χ0) is 49.7. The summed E-state index contributed by atoms with van der Waals surface area (Å²) in [4.78, 5) is 21.6. The van der Waals surface area contributed by atoms with Gasteiger partial charge in [0.05, 0.1) is 55.5 Å². The van der Waals surface area contributed by atoms with Crippen molar-refractivity contribution in [2.24, 2.45) is 0 Å². The van der Waals surface area contributed by atoms with Gasteiger partial charge in [-0.3, -0.25) is 4.70 Å². The van der Waals surface area contributed by atoms with Crippen molar-refractivity contribution in [2.45, 2.75) is 6.42 Å². The molecule has 1 aliphatic carbocycles. The Bertz CT molecular complexity index is 4860. The van der Waals surface area contributed by atoms with E-state index in [4.69, 9.17) is 19.9 Å². The zero-order valence-corrected chi connectivity index (χ0v) is 47.1. The van der Waals surface area contributed by atoms with Crippen LogP contribution in [0.15, 0.2) is 227 Å².